The molecule has 1 saturated heterocycles. The monoisotopic (exact) mass is 439 g/mol. The van der Waals surface area contributed by atoms with Gasteiger partial charge in [0.15, 0.2) is 0 Å². The summed E-state index contributed by atoms with van der Waals surface area (Å²) >= 11 is 1.48. The molecule has 0 unspecified atom stereocenters. The molecule has 164 valence electrons. The molecule has 1 fully saturated rings. The average molecular weight is 440 g/mol. The molecular formula is C22H29N7OS. The maximum Gasteiger partial charge on any atom is 0.253 e. The third-order valence-corrected chi connectivity index (χ3v) is 6.33. The van der Waals surface area contributed by atoms with E-state index in [1.165, 1.54) is 17.4 Å². The molecule has 31 heavy (non-hydrogen) atoms. The van der Waals surface area contributed by atoms with Gasteiger partial charge >= 0.3 is 0 Å². The van der Waals surface area contributed by atoms with E-state index in [1.807, 2.05) is 26.2 Å². The Kier molecular flexibility index (Phi) is 6.72. The minimum Gasteiger partial charge on any atom is -0.369 e. The third-order valence-electron chi connectivity index (χ3n) is 5.79. The van der Waals surface area contributed by atoms with Crippen molar-refractivity contribution in [2.45, 2.75) is 25.4 Å². The lowest BCUT2D eigenvalue weighted by atomic mass is 10.1. The van der Waals surface area contributed by atoms with E-state index in [1.54, 1.807) is 4.52 Å². The molecule has 1 aromatic carbocycles. The van der Waals surface area contributed by atoms with Gasteiger partial charge in [-0.25, -0.2) is 9.50 Å². The third kappa shape index (κ3) is 4.99. The highest BCUT2D eigenvalue weighted by Gasteiger charge is 2.18. The molecular weight excluding hydrogens is 410 g/mol. The van der Waals surface area contributed by atoms with Crippen LogP contribution in [0.3, 0.4) is 0 Å². The van der Waals surface area contributed by atoms with Crippen molar-refractivity contribution in [2.75, 3.05) is 50.4 Å². The van der Waals surface area contributed by atoms with E-state index in [0.29, 0.717) is 23.9 Å². The molecule has 0 atom stereocenters. The standard InChI is InChI=1S/C22H29N7OS/c1-16-19(17(2)29-21(24-16)25-22(26-29)31-3)15-20(30)23-9-10-27-11-13-28(14-12-27)18-7-5-4-6-8-18/h4-8H,9-15H2,1-3H3,(H,23,30). The summed E-state index contributed by atoms with van der Waals surface area (Å²) in [6.45, 7) is 9.45. The van der Waals surface area contributed by atoms with E-state index in [-0.39, 0.29) is 5.91 Å². The van der Waals surface area contributed by atoms with Crippen molar-refractivity contribution in [3.8, 4) is 0 Å². The molecule has 3 heterocycles. The van der Waals surface area contributed by atoms with Crippen molar-refractivity contribution in [2.24, 2.45) is 0 Å². The Balaban J connectivity index is 1.26. The lowest BCUT2D eigenvalue weighted by molar-refractivity contribution is -0.120. The van der Waals surface area contributed by atoms with Crippen molar-refractivity contribution in [1.29, 1.82) is 0 Å². The lowest BCUT2D eigenvalue weighted by Gasteiger charge is -2.36. The molecule has 1 aliphatic rings. The summed E-state index contributed by atoms with van der Waals surface area (Å²) in [5, 5.41) is 8.21. The molecule has 8 nitrogen and oxygen atoms in total. The second-order valence-electron chi connectivity index (χ2n) is 7.76. The molecule has 4 rings (SSSR count). The van der Waals surface area contributed by atoms with Gasteiger partial charge in [-0.3, -0.25) is 9.69 Å². The van der Waals surface area contributed by atoms with Crippen LogP contribution in [-0.4, -0.2) is 75.9 Å². The van der Waals surface area contributed by atoms with E-state index in [2.05, 4.69) is 54.4 Å². The quantitative estimate of drug-likeness (QED) is 0.564. The Morgan fingerprint density at radius 2 is 1.84 bits per heavy atom. The largest absolute Gasteiger partial charge is 0.369 e. The number of piperazine rings is 1. The van der Waals surface area contributed by atoms with E-state index in [9.17, 15) is 4.79 Å². The van der Waals surface area contributed by atoms with E-state index >= 15 is 0 Å². The summed E-state index contributed by atoms with van der Waals surface area (Å²) in [4.78, 5) is 26.3. The van der Waals surface area contributed by atoms with E-state index < -0.39 is 0 Å². The fourth-order valence-corrected chi connectivity index (χ4v) is 4.31. The number of nitrogens with zero attached hydrogens (tertiary/aromatic N) is 6. The van der Waals surface area contributed by atoms with E-state index in [0.717, 1.165) is 49.7 Å². The number of carbonyl (C=O) groups excluding carboxylic acids is 1. The van der Waals surface area contributed by atoms with Crippen LogP contribution in [0.25, 0.3) is 5.78 Å². The van der Waals surface area contributed by atoms with Crippen molar-refractivity contribution in [3.63, 3.8) is 0 Å². The van der Waals surface area contributed by atoms with Crippen molar-refractivity contribution >= 4 is 29.1 Å². The molecule has 1 N–H and O–H groups in total. The van der Waals surface area contributed by atoms with Gasteiger partial charge in [0.2, 0.25) is 11.1 Å². The van der Waals surface area contributed by atoms with Crippen molar-refractivity contribution in [1.82, 2.24) is 29.8 Å². The lowest BCUT2D eigenvalue weighted by Crippen LogP contribution is -2.48. The Labute approximate surface area is 187 Å². The van der Waals surface area contributed by atoms with Crippen LogP contribution in [0, 0.1) is 13.8 Å². The number of hydrogen-bond donors (Lipinski definition) is 1. The summed E-state index contributed by atoms with van der Waals surface area (Å²) in [5.41, 5.74) is 3.95. The summed E-state index contributed by atoms with van der Waals surface area (Å²) < 4.78 is 1.73. The van der Waals surface area contributed by atoms with Gasteiger partial charge in [0.1, 0.15) is 0 Å². The normalized spacial score (nSPS) is 14.9. The number of fused-ring (bicyclic) bond motifs is 1. The molecule has 9 heteroatoms. The maximum atomic E-state index is 12.6. The number of benzene rings is 1. The van der Waals surface area contributed by atoms with Crippen LogP contribution in [0.15, 0.2) is 35.5 Å². The van der Waals surface area contributed by atoms with Crippen molar-refractivity contribution in [3.05, 3.63) is 47.3 Å². The first-order valence-corrected chi connectivity index (χ1v) is 11.8. The first-order valence-electron chi connectivity index (χ1n) is 10.6. The van der Waals surface area contributed by atoms with Gasteiger partial charge in [-0.15, -0.1) is 5.10 Å². The molecule has 0 spiro atoms. The Hall–Kier alpha value is -2.65. The minimum absolute atomic E-state index is 0.0143. The molecule has 3 aromatic rings. The van der Waals surface area contributed by atoms with Crippen molar-refractivity contribution < 1.29 is 4.79 Å². The van der Waals surface area contributed by atoms with Crippen LogP contribution in [0.5, 0.6) is 0 Å². The number of anilines is 1. The van der Waals surface area contributed by atoms with Crippen LogP contribution < -0.4 is 10.2 Å². The number of nitrogens with one attached hydrogen (secondary N) is 1. The highest BCUT2D eigenvalue weighted by atomic mass is 32.2. The zero-order valence-electron chi connectivity index (χ0n) is 18.3. The fraction of sp³-hybridized carbons (Fsp3) is 0.455. The first kappa shape index (κ1) is 21.6. The zero-order chi connectivity index (χ0) is 21.8. The fourth-order valence-electron chi connectivity index (χ4n) is 3.98. The number of aromatic nitrogens is 4. The van der Waals surface area contributed by atoms with E-state index in [4.69, 9.17) is 0 Å². The van der Waals surface area contributed by atoms with Gasteiger partial charge in [0, 0.05) is 61.9 Å². The van der Waals surface area contributed by atoms with Gasteiger partial charge in [-0.1, -0.05) is 30.0 Å². The highest BCUT2D eigenvalue weighted by molar-refractivity contribution is 7.98. The number of aryl methyl sites for hydroxylation is 2. The topological polar surface area (TPSA) is 78.7 Å². The highest BCUT2D eigenvalue weighted by Crippen LogP contribution is 2.17. The molecule has 0 radical (unpaired) electrons. The molecule has 2 aromatic heterocycles. The number of amides is 1. The molecule has 1 amide bonds. The molecule has 1 aliphatic heterocycles. The Bertz CT molecular complexity index is 1040. The van der Waals surface area contributed by atoms with Gasteiger partial charge in [0.25, 0.3) is 5.78 Å². The second-order valence-corrected chi connectivity index (χ2v) is 8.54. The number of carbonyl (C=O) groups is 1. The van der Waals surface area contributed by atoms with Gasteiger partial charge in [-0.05, 0) is 32.2 Å². The molecule has 0 aliphatic carbocycles. The maximum absolute atomic E-state index is 12.6. The van der Waals surface area contributed by atoms with Crippen LogP contribution >= 0.6 is 11.8 Å². The summed E-state index contributed by atoms with van der Waals surface area (Å²) in [6, 6.07) is 10.5. The number of rotatable bonds is 7. The Morgan fingerprint density at radius 1 is 1.10 bits per heavy atom. The van der Waals surface area contributed by atoms with Gasteiger partial charge in [-0.2, -0.15) is 4.98 Å². The summed E-state index contributed by atoms with van der Waals surface area (Å²) in [5.74, 6) is 0.596. The van der Waals surface area contributed by atoms with Crippen LogP contribution in [0.2, 0.25) is 0 Å². The number of para-hydroxylation sites is 1. The van der Waals surface area contributed by atoms with Gasteiger partial charge < -0.3 is 10.2 Å². The smallest absolute Gasteiger partial charge is 0.253 e. The second kappa shape index (κ2) is 9.65. The number of thioether (sulfide) groups is 1. The predicted octanol–water partition coefficient (Wildman–Crippen LogP) is 1.94. The van der Waals surface area contributed by atoms with Crippen LogP contribution in [0.1, 0.15) is 17.0 Å². The van der Waals surface area contributed by atoms with Crippen LogP contribution in [0.4, 0.5) is 5.69 Å². The predicted molar refractivity (Wildman–Crippen MR) is 124 cm³/mol. The average Bonchev–Trinajstić information content (AvgIpc) is 3.21. The number of hydrogen-bond acceptors (Lipinski definition) is 7. The van der Waals surface area contributed by atoms with Gasteiger partial charge in [0.05, 0.1) is 6.42 Å². The first-order chi connectivity index (χ1) is 15.0. The van der Waals surface area contributed by atoms with Crippen LogP contribution in [-0.2, 0) is 11.2 Å². The summed E-state index contributed by atoms with van der Waals surface area (Å²) in [6.07, 6.45) is 2.24. The Morgan fingerprint density at radius 3 is 2.55 bits per heavy atom. The molecule has 0 saturated carbocycles. The SMILES string of the molecule is CSc1nc2nc(C)c(CC(=O)NCCN3CCN(c4ccccc4)CC3)c(C)n2n1. The summed E-state index contributed by atoms with van der Waals surface area (Å²) in [7, 11) is 0. The minimum atomic E-state index is 0.0143. The molecule has 0 bridgehead atoms. The zero-order valence-corrected chi connectivity index (χ0v) is 19.2.